The molecule has 2 N–H and O–H groups in total. The van der Waals surface area contributed by atoms with Gasteiger partial charge in [-0.2, -0.15) is 0 Å². The predicted molar refractivity (Wildman–Crippen MR) is 66.1 cm³/mol. The fourth-order valence-corrected chi connectivity index (χ4v) is 2.00. The molecule has 2 aromatic heterocycles. The summed E-state index contributed by atoms with van der Waals surface area (Å²) < 4.78 is 5.59. The molecule has 0 unspecified atom stereocenters. The molecule has 0 fully saturated rings. The second kappa shape index (κ2) is 3.58. The second-order valence-electron chi connectivity index (χ2n) is 4.01. The summed E-state index contributed by atoms with van der Waals surface area (Å²) in [6.45, 7) is 1.88. The first-order valence-corrected chi connectivity index (χ1v) is 5.32. The Morgan fingerprint density at radius 2 is 1.94 bits per heavy atom. The first kappa shape index (κ1) is 10.3. The SMILES string of the molecule is Cc1ccc2c(n1)oc1c(B(O)O)cccc12. The minimum absolute atomic E-state index is 0.359. The van der Waals surface area contributed by atoms with E-state index in [2.05, 4.69) is 4.98 Å². The fraction of sp³-hybridized carbons (Fsp3) is 0.0833. The van der Waals surface area contributed by atoms with E-state index in [0.717, 1.165) is 16.5 Å². The van der Waals surface area contributed by atoms with Crippen LogP contribution in [0.4, 0.5) is 0 Å². The molecule has 4 nitrogen and oxygen atoms in total. The van der Waals surface area contributed by atoms with Crippen LogP contribution in [0.5, 0.6) is 0 Å². The molecular formula is C12H10BNO3. The largest absolute Gasteiger partial charge is 0.492 e. The molecular weight excluding hydrogens is 217 g/mol. The van der Waals surface area contributed by atoms with Crippen molar-refractivity contribution in [1.29, 1.82) is 0 Å². The molecule has 2 heterocycles. The van der Waals surface area contributed by atoms with Crippen LogP contribution in [0.25, 0.3) is 22.1 Å². The number of furan rings is 1. The van der Waals surface area contributed by atoms with Gasteiger partial charge in [0.15, 0.2) is 0 Å². The van der Waals surface area contributed by atoms with E-state index in [1.807, 2.05) is 25.1 Å². The number of hydrogen-bond donors (Lipinski definition) is 2. The third-order valence-electron chi connectivity index (χ3n) is 2.81. The van der Waals surface area contributed by atoms with Gasteiger partial charge < -0.3 is 14.5 Å². The summed E-state index contributed by atoms with van der Waals surface area (Å²) in [5.74, 6) is 0. The van der Waals surface area contributed by atoms with Crippen molar-refractivity contribution in [2.24, 2.45) is 0 Å². The van der Waals surface area contributed by atoms with E-state index < -0.39 is 7.12 Å². The molecule has 0 radical (unpaired) electrons. The van der Waals surface area contributed by atoms with E-state index in [-0.39, 0.29) is 0 Å². The van der Waals surface area contributed by atoms with Crippen LogP contribution < -0.4 is 5.46 Å². The Kier molecular flexibility index (Phi) is 2.17. The number of hydrogen-bond acceptors (Lipinski definition) is 4. The molecule has 3 aromatic rings. The second-order valence-corrected chi connectivity index (χ2v) is 4.01. The molecule has 0 bridgehead atoms. The summed E-state index contributed by atoms with van der Waals surface area (Å²) in [5.41, 5.74) is 2.23. The number of aromatic nitrogens is 1. The van der Waals surface area contributed by atoms with Gasteiger partial charge in [0, 0.05) is 21.9 Å². The van der Waals surface area contributed by atoms with Gasteiger partial charge in [0.25, 0.3) is 0 Å². The van der Waals surface area contributed by atoms with Crippen molar-refractivity contribution < 1.29 is 14.5 Å². The molecule has 3 rings (SSSR count). The smallest absolute Gasteiger partial charge is 0.438 e. The Bertz CT molecular complexity index is 705. The highest BCUT2D eigenvalue weighted by molar-refractivity contribution is 6.61. The van der Waals surface area contributed by atoms with Gasteiger partial charge >= 0.3 is 7.12 Å². The van der Waals surface area contributed by atoms with Crippen LogP contribution in [0.15, 0.2) is 34.7 Å². The van der Waals surface area contributed by atoms with Gasteiger partial charge in [-0.05, 0) is 19.1 Å². The third-order valence-corrected chi connectivity index (χ3v) is 2.81. The van der Waals surface area contributed by atoms with Crippen molar-refractivity contribution in [1.82, 2.24) is 4.98 Å². The van der Waals surface area contributed by atoms with Crippen molar-refractivity contribution in [3.05, 3.63) is 36.0 Å². The summed E-state index contributed by atoms with van der Waals surface area (Å²) in [7, 11) is -1.54. The highest BCUT2D eigenvalue weighted by Crippen LogP contribution is 2.26. The summed E-state index contributed by atoms with van der Waals surface area (Å²) in [6, 6.07) is 9.11. The van der Waals surface area contributed by atoms with E-state index in [4.69, 9.17) is 4.42 Å². The van der Waals surface area contributed by atoms with E-state index in [1.54, 1.807) is 12.1 Å². The van der Waals surface area contributed by atoms with Crippen molar-refractivity contribution in [3.8, 4) is 0 Å². The number of nitrogens with zero attached hydrogens (tertiary/aromatic N) is 1. The van der Waals surface area contributed by atoms with Crippen molar-refractivity contribution in [3.63, 3.8) is 0 Å². The van der Waals surface area contributed by atoms with Crippen LogP contribution in [0.3, 0.4) is 0 Å². The minimum Gasteiger partial charge on any atom is -0.438 e. The first-order valence-electron chi connectivity index (χ1n) is 5.32. The number of para-hydroxylation sites is 1. The van der Waals surface area contributed by atoms with E-state index in [9.17, 15) is 10.0 Å². The van der Waals surface area contributed by atoms with Gasteiger partial charge in [-0.15, -0.1) is 0 Å². The maximum Gasteiger partial charge on any atom is 0.492 e. The molecule has 0 atom stereocenters. The normalized spacial score (nSPS) is 11.2. The molecule has 0 aliphatic rings. The lowest BCUT2D eigenvalue weighted by atomic mass is 9.79. The molecule has 84 valence electrons. The Hall–Kier alpha value is -1.85. The van der Waals surface area contributed by atoms with E-state index in [0.29, 0.717) is 16.8 Å². The number of pyridine rings is 1. The lowest BCUT2D eigenvalue weighted by molar-refractivity contribution is 0.425. The summed E-state index contributed by atoms with van der Waals surface area (Å²) in [6.07, 6.45) is 0. The maximum atomic E-state index is 9.28. The standard InChI is InChI=1S/C12H10BNO3/c1-7-5-6-9-8-3-2-4-10(13(15)16)11(8)17-12(9)14-7/h2-6,15-16H,1H3. The van der Waals surface area contributed by atoms with Gasteiger partial charge in [-0.1, -0.05) is 18.2 Å². The van der Waals surface area contributed by atoms with Gasteiger partial charge in [0.2, 0.25) is 5.71 Å². The predicted octanol–water partition coefficient (Wildman–Crippen LogP) is 0.969. The van der Waals surface area contributed by atoms with E-state index in [1.165, 1.54) is 0 Å². The van der Waals surface area contributed by atoms with Gasteiger partial charge in [0.05, 0.1) is 0 Å². The third kappa shape index (κ3) is 1.51. The molecule has 0 saturated carbocycles. The van der Waals surface area contributed by atoms with Gasteiger partial charge in [-0.3, -0.25) is 0 Å². The Morgan fingerprint density at radius 1 is 1.12 bits per heavy atom. The topological polar surface area (TPSA) is 66.5 Å². The molecule has 17 heavy (non-hydrogen) atoms. The molecule has 0 amide bonds. The zero-order chi connectivity index (χ0) is 12.0. The summed E-state index contributed by atoms with van der Waals surface area (Å²) in [4.78, 5) is 4.28. The van der Waals surface area contributed by atoms with Crippen LogP contribution in [0, 0.1) is 6.92 Å². The Balaban J connectivity index is 2.46. The molecule has 0 saturated heterocycles. The van der Waals surface area contributed by atoms with Crippen molar-refractivity contribution >= 4 is 34.7 Å². The Morgan fingerprint density at radius 3 is 2.71 bits per heavy atom. The van der Waals surface area contributed by atoms with Crippen LogP contribution >= 0.6 is 0 Å². The number of benzene rings is 1. The summed E-state index contributed by atoms with van der Waals surface area (Å²) in [5, 5.41) is 20.3. The average molecular weight is 227 g/mol. The lowest BCUT2D eigenvalue weighted by Crippen LogP contribution is -2.29. The molecule has 0 spiro atoms. The van der Waals surface area contributed by atoms with Gasteiger partial charge in [-0.25, -0.2) is 4.98 Å². The fourth-order valence-electron chi connectivity index (χ4n) is 2.00. The van der Waals surface area contributed by atoms with Gasteiger partial charge in [0.1, 0.15) is 5.58 Å². The van der Waals surface area contributed by atoms with Crippen molar-refractivity contribution in [2.45, 2.75) is 6.92 Å². The van der Waals surface area contributed by atoms with Crippen LogP contribution in [-0.2, 0) is 0 Å². The molecule has 0 aliphatic carbocycles. The zero-order valence-corrected chi connectivity index (χ0v) is 9.21. The number of aryl methyl sites for hydroxylation is 1. The van der Waals surface area contributed by atoms with E-state index >= 15 is 0 Å². The zero-order valence-electron chi connectivity index (χ0n) is 9.21. The van der Waals surface area contributed by atoms with Crippen LogP contribution in [0.1, 0.15) is 5.69 Å². The minimum atomic E-state index is -1.54. The highest BCUT2D eigenvalue weighted by atomic mass is 16.4. The Labute approximate surface area is 97.7 Å². The molecule has 5 heteroatoms. The first-order chi connectivity index (χ1) is 8.16. The number of fused-ring (bicyclic) bond motifs is 3. The van der Waals surface area contributed by atoms with Crippen molar-refractivity contribution in [2.75, 3.05) is 0 Å². The summed E-state index contributed by atoms with van der Waals surface area (Å²) >= 11 is 0. The number of rotatable bonds is 1. The average Bonchev–Trinajstić information content (AvgIpc) is 2.65. The molecule has 1 aromatic carbocycles. The monoisotopic (exact) mass is 227 g/mol. The highest BCUT2D eigenvalue weighted by Gasteiger charge is 2.19. The van der Waals surface area contributed by atoms with Crippen LogP contribution in [0.2, 0.25) is 0 Å². The lowest BCUT2D eigenvalue weighted by Gasteiger charge is -1.98. The maximum absolute atomic E-state index is 9.28. The van der Waals surface area contributed by atoms with Crippen LogP contribution in [-0.4, -0.2) is 22.2 Å². The quantitative estimate of drug-likeness (QED) is 0.608. The molecule has 0 aliphatic heterocycles.